The molecule has 1 aromatic carbocycles. The third-order valence-electron chi connectivity index (χ3n) is 6.39. The highest BCUT2D eigenvalue weighted by atomic mass is 16.2. The van der Waals surface area contributed by atoms with Crippen LogP contribution in [0.25, 0.3) is 0 Å². The molecule has 0 spiro atoms. The smallest absolute Gasteiger partial charge is 0.275 e. The number of quaternary nitrogens is 1. The van der Waals surface area contributed by atoms with Crippen LogP contribution in [0.15, 0.2) is 24.3 Å². The summed E-state index contributed by atoms with van der Waals surface area (Å²) in [4.78, 5) is 16.4. The van der Waals surface area contributed by atoms with Crippen molar-refractivity contribution in [2.75, 3.05) is 37.6 Å². The lowest BCUT2D eigenvalue weighted by Crippen LogP contribution is -3.16. The molecule has 1 aliphatic carbocycles. The van der Waals surface area contributed by atoms with E-state index in [1.165, 1.54) is 29.0 Å². The molecule has 4 heteroatoms. The number of rotatable bonds is 4. The van der Waals surface area contributed by atoms with E-state index in [0.29, 0.717) is 18.5 Å². The molecule has 0 bridgehead atoms. The summed E-state index contributed by atoms with van der Waals surface area (Å²) >= 11 is 0. The van der Waals surface area contributed by atoms with Gasteiger partial charge in [0.2, 0.25) is 0 Å². The maximum atomic E-state index is 12.5. The molecule has 1 heterocycles. The van der Waals surface area contributed by atoms with Crippen molar-refractivity contribution in [1.29, 1.82) is 0 Å². The van der Waals surface area contributed by atoms with E-state index in [-0.39, 0.29) is 5.91 Å². The summed E-state index contributed by atoms with van der Waals surface area (Å²) < 4.78 is 0. The lowest BCUT2D eigenvalue weighted by atomic mass is 9.78. The third-order valence-corrected chi connectivity index (χ3v) is 6.39. The number of hydrogen-bond donors (Lipinski definition) is 2. The van der Waals surface area contributed by atoms with E-state index in [9.17, 15) is 4.79 Å². The Morgan fingerprint density at radius 1 is 1.20 bits per heavy atom. The molecule has 2 aliphatic rings. The summed E-state index contributed by atoms with van der Waals surface area (Å²) in [6.07, 6.45) is 3.70. The number of nitrogens with zero attached hydrogens (tertiary/aromatic N) is 1. The number of nitrogens with one attached hydrogen (secondary N) is 2. The minimum Gasteiger partial charge on any atom is -0.360 e. The molecule has 1 aromatic rings. The highest BCUT2D eigenvalue weighted by molar-refractivity contribution is 5.77. The van der Waals surface area contributed by atoms with Crippen LogP contribution >= 0.6 is 0 Å². The first-order valence-electron chi connectivity index (χ1n) is 9.98. The number of anilines is 1. The van der Waals surface area contributed by atoms with Gasteiger partial charge < -0.3 is 15.1 Å². The number of piperazine rings is 1. The summed E-state index contributed by atoms with van der Waals surface area (Å²) in [7, 11) is 0. The van der Waals surface area contributed by atoms with Gasteiger partial charge in [-0.05, 0) is 36.8 Å². The van der Waals surface area contributed by atoms with Crippen molar-refractivity contribution in [1.82, 2.24) is 5.32 Å². The van der Waals surface area contributed by atoms with Crippen LogP contribution in [0.1, 0.15) is 38.7 Å². The van der Waals surface area contributed by atoms with Gasteiger partial charge in [-0.1, -0.05) is 44.9 Å². The zero-order valence-electron chi connectivity index (χ0n) is 16.1. The zero-order chi connectivity index (χ0) is 17.8. The first kappa shape index (κ1) is 18.2. The normalized spacial score (nSPS) is 28.0. The Morgan fingerprint density at radius 2 is 1.92 bits per heavy atom. The Hall–Kier alpha value is -1.55. The highest BCUT2D eigenvalue weighted by Gasteiger charge is 2.29. The van der Waals surface area contributed by atoms with Crippen molar-refractivity contribution in [3.8, 4) is 0 Å². The van der Waals surface area contributed by atoms with Crippen molar-refractivity contribution >= 4 is 11.6 Å². The monoisotopic (exact) mass is 344 g/mol. The van der Waals surface area contributed by atoms with E-state index in [1.807, 2.05) is 0 Å². The number of hydrogen-bond acceptors (Lipinski definition) is 2. The molecule has 1 saturated carbocycles. The summed E-state index contributed by atoms with van der Waals surface area (Å²) in [6, 6.07) is 8.97. The molecule has 2 fully saturated rings. The summed E-state index contributed by atoms with van der Waals surface area (Å²) in [5, 5.41) is 3.32. The van der Waals surface area contributed by atoms with Gasteiger partial charge in [-0.3, -0.25) is 4.79 Å². The molecule has 2 N–H and O–H groups in total. The molecule has 3 atom stereocenters. The molecular formula is C21H34N3O+. The second-order valence-electron chi connectivity index (χ2n) is 8.14. The molecule has 1 saturated heterocycles. The topological polar surface area (TPSA) is 36.8 Å². The van der Waals surface area contributed by atoms with E-state index in [2.05, 4.69) is 55.3 Å². The largest absolute Gasteiger partial charge is 0.360 e. The standard InChI is InChI=1S/C21H33N3O/c1-16-8-6-9-19(18(16)3)22-21(25)15-23-11-13-24(14-12-23)20-10-5-4-7-17(20)2/h4-5,7,10,16,18-19H,6,8-9,11-15H2,1-3H3,(H,22,25)/p+1/t16-,18-,19+/m0/s1. The first-order chi connectivity index (χ1) is 12.0. The van der Waals surface area contributed by atoms with Crippen LogP contribution in [0.2, 0.25) is 0 Å². The Bertz CT molecular complexity index is 580. The van der Waals surface area contributed by atoms with Crippen LogP contribution in [0.3, 0.4) is 0 Å². The predicted molar refractivity (Wildman–Crippen MR) is 103 cm³/mol. The molecule has 1 amide bonds. The van der Waals surface area contributed by atoms with Crippen molar-refractivity contribution in [3.05, 3.63) is 29.8 Å². The summed E-state index contributed by atoms with van der Waals surface area (Å²) in [6.45, 7) is 11.6. The Labute approximate surface area is 152 Å². The van der Waals surface area contributed by atoms with E-state index in [4.69, 9.17) is 0 Å². The number of aryl methyl sites for hydroxylation is 1. The van der Waals surface area contributed by atoms with Gasteiger partial charge >= 0.3 is 0 Å². The number of para-hydroxylation sites is 1. The summed E-state index contributed by atoms with van der Waals surface area (Å²) in [5.74, 6) is 1.57. The maximum absolute atomic E-state index is 12.5. The number of benzene rings is 1. The minimum absolute atomic E-state index is 0.241. The zero-order valence-corrected chi connectivity index (χ0v) is 16.1. The van der Waals surface area contributed by atoms with E-state index < -0.39 is 0 Å². The molecule has 0 aromatic heterocycles. The van der Waals surface area contributed by atoms with Crippen LogP contribution in [0.5, 0.6) is 0 Å². The van der Waals surface area contributed by atoms with Crippen LogP contribution in [-0.4, -0.2) is 44.7 Å². The van der Waals surface area contributed by atoms with Gasteiger partial charge in [0.1, 0.15) is 0 Å². The van der Waals surface area contributed by atoms with E-state index in [0.717, 1.165) is 38.5 Å². The fourth-order valence-electron chi connectivity index (χ4n) is 4.43. The summed E-state index contributed by atoms with van der Waals surface area (Å²) in [5.41, 5.74) is 2.68. The second kappa shape index (κ2) is 8.22. The third kappa shape index (κ3) is 4.55. The van der Waals surface area contributed by atoms with Gasteiger partial charge in [-0.25, -0.2) is 0 Å². The molecule has 1 aliphatic heterocycles. The highest BCUT2D eigenvalue weighted by Crippen LogP contribution is 2.29. The van der Waals surface area contributed by atoms with Crippen molar-refractivity contribution in [3.63, 3.8) is 0 Å². The van der Waals surface area contributed by atoms with E-state index in [1.54, 1.807) is 0 Å². The molecule has 3 rings (SSSR count). The molecule has 0 radical (unpaired) electrons. The van der Waals surface area contributed by atoms with Crippen LogP contribution in [0.4, 0.5) is 5.69 Å². The minimum atomic E-state index is 0.241. The fraction of sp³-hybridized carbons (Fsp3) is 0.667. The van der Waals surface area contributed by atoms with Crippen molar-refractivity contribution in [2.45, 2.75) is 46.1 Å². The SMILES string of the molecule is Cc1ccccc1N1CC[NH+](CC(=O)N[C@@H]2CCC[C@H](C)[C@@H]2C)CC1. The number of carbonyl (C=O) groups excluding carboxylic acids is 1. The Kier molecular flexibility index (Phi) is 6.00. The average molecular weight is 345 g/mol. The van der Waals surface area contributed by atoms with Crippen LogP contribution in [-0.2, 0) is 4.79 Å². The average Bonchev–Trinajstić information content (AvgIpc) is 2.60. The van der Waals surface area contributed by atoms with Crippen molar-refractivity contribution < 1.29 is 9.69 Å². The van der Waals surface area contributed by atoms with Crippen molar-refractivity contribution in [2.24, 2.45) is 11.8 Å². The van der Waals surface area contributed by atoms with Gasteiger partial charge in [0, 0.05) is 11.7 Å². The molecule has 138 valence electrons. The van der Waals surface area contributed by atoms with Crippen LogP contribution < -0.4 is 15.1 Å². The van der Waals surface area contributed by atoms with Crippen LogP contribution in [0, 0.1) is 18.8 Å². The lowest BCUT2D eigenvalue weighted by Gasteiger charge is -2.36. The second-order valence-corrected chi connectivity index (χ2v) is 8.14. The molecule has 0 unspecified atom stereocenters. The Balaban J connectivity index is 1.46. The van der Waals surface area contributed by atoms with E-state index >= 15 is 0 Å². The first-order valence-corrected chi connectivity index (χ1v) is 9.98. The number of amides is 1. The van der Waals surface area contributed by atoms with Gasteiger partial charge in [0.05, 0.1) is 26.2 Å². The number of carbonyl (C=O) groups is 1. The van der Waals surface area contributed by atoms with Gasteiger partial charge in [0.15, 0.2) is 6.54 Å². The fourth-order valence-corrected chi connectivity index (χ4v) is 4.43. The maximum Gasteiger partial charge on any atom is 0.275 e. The Morgan fingerprint density at radius 3 is 2.64 bits per heavy atom. The van der Waals surface area contributed by atoms with Gasteiger partial charge in [0.25, 0.3) is 5.91 Å². The quantitative estimate of drug-likeness (QED) is 0.871. The lowest BCUT2D eigenvalue weighted by molar-refractivity contribution is -0.892. The van der Waals surface area contributed by atoms with Gasteiger partial charge in [-0.15, -0.1) is 0 Å². The predicted octanol–water partition coefficient (Wildman–Crippen LogP) is 1.64. The van der Waals surface area contributed by atoms with Gasteiger partial charge in [-0.2, -0.15) is 0 Å². The molecule has 4 nitrogen and oxygen atoms in total. The molecule has 25 heavy (non-hydrogen) atoms. The molecular weight excluding hydrogens is 310 g/mol.